The van der Waals surface area contributed by atoms with Crippen LogP contribution in [0.15, 0.2) is 29.5 Å². The number of aromatic nitrogens is 2. The summed E-state index contributed by atoms with van der Waals surface area (Å²) in [5, 5.41) is 7.65. The van der Waals surface area contributed by atoms with Crippen molar-refractivity contribution in [2.45, 2.75) is 19.6 Å². The van der Waals surface area contributed by atoms with E-state index in [9.17, 15) is 0 Å². The van der Waals surface area contributed by atoms with E-state index in [-0.39, 0.29) is 6.10 Å². The molecule has 3 rings (SSSR count). The van der Waals surface area contributed by atoms with E-state index in [0.29, 0.717) is 36.9 Å². The van der Waals surface area contributed by atoms with Crippen LogP contribution in [0, 0.1) is 0 Å². The minimum atomic E-state index is -0.0353. The first-order valence-electron chi connectivity index (χ1n) is 10.0. The molecule has 2 heterocycles. The summed E-state index contributed by atoms with van der Waals surface area (Å²) in [5.41, 5.74) is 1.99. The van der Waals surface area contributed by atoms with Crippen molar-refractivity contribution >= 4 is 5.96 Å². The number of ether oxygens (including phenoxy) is 4. The number of guanidine groups is 1. The molecule has 0 radical (unpaired) electrons. The molecule has 2 aromatic rings. The highest BCUT2D eigenvalue weighted by Crippen LogP contribution is 2.35. The van der Waals surface area contributed by atoms with Crippen molar-refractivity contribution < 1.29 is 18.9 Å². The standard InChI is InChI=1S/C21H31N5O4/c1-6-22-21(26-7-8-30-20(14-26)16-12-24-25(2)13-16)23-11-15-9-18(28-4)19(29-5)10-17(15)27-3/h9-10,12-13,20H,6-8,11,14H2,1-5H3,(H,22,23). The Morgan fingerprint density at radius 1 is 1.20 bits per heavy atom. The number of benzene rings is 1. The predicted molar refractivity (Wildman–Crippen MR) is 114 cm³/mol. The van der Waals surface area contributed by atoms with E-state index in [1.54, 1.807) is 26.0 Å². The third kappa shape index (κ3) is 4.96. The van der Waals surface area contributed by atoms with Crippen molar-refractivity contribution in [3.8, 4) is 17.2 Å². The predicted octanol–water partition coefficient (Wildman–Crippen LogP) is 1.98. The van der Waals surface area contributed by atoms with Crippen LogP contribution < -0.4 is 19.5 Å². The first kappa shape index (κ1) is 21.8. The first-order valence-corrected chi connectivity index (χ1v) is 10.0. The molecule has 9 heteroatoms. The Morgan fingerprint density at radius 3 is 2.57 bits per heavy atom. The lowest BCUT2D eigenvalue weighted by molar-refractivity contribution is -0.00805. The van der Waals surface area contributed by atoms with Gasteiger partial charge in [-0.05, 0) is 13.0 Å². The quantitative estimate of drug-likeness (QED) is 0.545. The molecule has 1 aliphatic heterocycles. The highest BCUT2D eigenvalue weighted by molar-refractivity contribution is 5.80. The van der Waals surface area contributed by atoms with E-state index < -0.39 is 0 Å². The molecule has 164 valence electrons. The van der Waals surface area contributed by atoms with E-state index >= 15 is 0 Å². The summed E-state index contributed by atoms with van der Waals surface area (Å²) >= 11 is 0. The summed E-state index contributed by atoms with van der Waals surface area (Å²) in [4.78, 5) is 7.08. The molecule has 1 aromatic heterocycles. The van der Waals surface area contributed by atoms with Gasteiger partial charge in [0.05, 0.1) is 47.2 Å². The van der Waals surface area contributed by atoms with Crippen LogP contribution in [0.25, 0.3) is 0 Å². The van der Waals surface area contributed by atoms with Gasteiger partial charge in [-0.1, -0.05) is 0 Å². The fourth-order valence-electron chi connectivity index (χ4n) is 3.45. The van der Waals surface area contributed by atoms with Gasteiger partial charge in [0.2, 0.25) is 0 Å². The van der Waals surface area contributed by atoms with Crippen molar-refractivity contribution in [2.75, 3.05) is 47.6 Å². The normalized spacial score (nSPS) is 17.0. The molecule has 1 saturated heterocycles. The molecule has 0 amide bonds. The zero-order valence-electron chi connectivity index (χ0n) is 18.3. The van der Waals surface area contributed by atoms with Crippen LogP contribution in [-0.2, 0) is 18.3 Å². The van der Waals surface area contributed by atoms with Gasteiger partial charge < -0.3 is 29.2 Å². The number of methoxy groups -OCH3 is 3. The minimum Gasteiger partial charge on any atom is -0.496 e. The second kappa shape index (κ2) is 10.2. The molecule has 1 aliphatic rings. The average Bonchev–Trinajstić information content (AvgIpc) is 3.22. The summed E-state index contributed by atoms with van der Waals surface area (Å²) < 4.78 is 24.1. The van der Waals surface area contributed by atoms with Gasteiger partial charge in [0.1, 0.15) is 11.9 Å². The molecule has 0 bridgehead atoms. The Hall–Kier alpha value is -2.94. The molecule has 30 heavy (non-hydrogen) atoms. The van der Waals surface area contributed by atoms with Gasteiger partial charge in [-0.3, -0.25) is 4.68 Å². The van der Waals surface area contributed by atoms with E-state index in [1.807, 2.05) is 31.6 Å². The summed E-state index contributed by atoms with van der Waals surface area (Å²) in [6.45, 7) is 5.39. The molecular formula is C21H31N5O4. The Morgan fingerprint density at radius 2 is 1.93 bits per heavy atom. The second-order valence-electron chi connectivity index (χ2n) is 6.94. The lowest BCUT2D eigenvalue weighted by Gasteiger charge is -2.34. The van der Waals surface area contributed by atoms with Crippen molar-refractivity contribution in [1.82, 2.24) is 20.0 Å². The number of morpholine rings is 1. The fraction of sp³-hybridized carbons (Fsp3) is 0.524. The maximum absolute atomic E-state index is 5.96. The Kier molecular flexibility index (Phi) is 7.40. The zero-order valence-corrected chi connectivity index (χ0v) is 18.3. The molecule has 1 aromatic carbocycles. The monoisotopic (exact) mass is 417 g/mol. The number of nitrogens with one attached hydrogen (secondary N) is 1. The topological polar surface area (TPSA) is 82.4 Å². The zero-order chi connectivity index (χ0) is 21.5. The van der Waals surface area contributed by atoms with Gasteiger partial charge in [0.15, 0.2) is 17.5 Å². The highest BCUT2D eigenvalue weighted by Gasteiger charge is 2.25. The lowest BCUT2D eigenvalue weighted by Crippen LogP contribution is -2.48. The molecule has 0 spiro atoms. The van der Waals surface area contributed by atoms with Gasteiger partial charge in [-0.2, -0.15) is 5.10 Å². The molecule has 1 unspecified atom stereocenters. The third-order valence-electron chi connectivity index (χ3n) is 4.98. The van der Waals surface area contributed by atoms with Gasteiger partial charge in [0, 0.05) is 43.5 Å². The molecule has 1 atom stereocenters. The maximum atomic E-state index is 5.96. The van der Waals surface area contributed by atoms with Gasteiger partial charge in [-0.15, -0.1) is 0 Å². The number of hydrogen-bond acceptors (Lipinski definition) is 6. The summed E-state index contributed by atoms with van der Waals surface area (Å²) in [5.74, 6) is 2.83. The Labute approximate surface area is 177 Å². The maximum Gasteiger partial charge on any atom is 0.194 e. The summed E-state index contributed by atoms with van der Waals surface area (Å²) in [7, 11) is 6.77. The lowest BCUT2D eigenvalue weighted by atomic mass is 10.1. The Bertz CT molecular complexity index is 867. The van der Waals surface area contributed by atoms with Gasteiger partial charge in [0.25, 0.3) is 0 Å². The van der Waals surface area contributed by atoms with Crippen molar-refractivity contribution in [1.29, 1.82) is 0 Å². The number of aliphatic imine (C=N–C) groups is 1. The number of hydrogen-bond donors (Lipinski definition) is 1. The molecular weight excluding hydrogens is 386 g/mol. The van der Waals surface area contributed by atoms with Crippen LogP contribution in [0.4, 0.5) is 0 Å². The van der Waals surface area contributed by atoms with Crippen LogP contribution in [0.1, 0.15) is 24.2 Å². The van der Waals surface area contributed by atoms with Gasteiger partial charge >= 0.3 is 0 Å². The number of nitrogens with zero attached hydrogens (tertiary/aromatic N) is 4. The second-order valence-corrected chi connectivity index (χ2v) is 6.94. The molecule has 0 saturated carbocycles. The molecule has 0 aliphatic carbocycles. The van der Waals surface area contributed by atoms with E-state index in [4.69, 9.17) is 23.9 Å². The van der Waals surface area contributed by atoms with Crippen LogP contribution in [0.2, 0.25) is 0 Å². The number of rotatable bonds is 7. The summed E-state index contributed by atoms with van der Waals surface area (Å²) in [6, 6.07) is 3.73. The van der Waals surface area contributed by atoms with Crippen molar-refractivity contribution in [2.24, 2.45) is 12.0 Å². The highest BCUT2D eigenvalue weighted by atomic mass is 16.5. The summed E-state index contributed by atoms with van der Waals surface area (Å²) in [6.07, 6.45) is 3.81. The van der Waals surface area contributed by atoms with E-state index in [2.05, 4.69) is 22.2 Å². The SMILES string of the molecule is CCNC(=NCc1cc(OC)c(OC)cc1OC)N1CCOC(c2cnn(C)c2)C1. The van der Waals surface area contributed by atoms with E-state index in [1.165, 1.54) is 0 Å². The van der Waals surface area contributed by atoms with Crippen molar-refractivity contribution in [3.05, 3.63) is 35.7 Å². The van der Waals surface area contributed by atoms with E-state index in [0.717, 1.165) is 30.2 Å². The van der Waals surface area contributed by atoms with Crippen LogP contribution >= 0.6 is 0 Å². The van der Waals surface area contributed by atoms with Crippen LogP contribution in [0.3, 0.4) is 0 Å². The minimum absolute atomic E-state index is 0.0353. The Balaban J connectivity index is 1.80. The molecule has 1 fully saturated rings. The molecule has 9 nitrogen and oxygen atoms in total. The fourth-order valence-corrected chi connectivity index (χ4v) is 3.45. The smallest absolute Gasteiger partial charge is 0.194 e. The number of aryl methyl sites for hydroxylation is 1. The van der Waals surface area contributed by atoms with Crippen LogP contribution in [-0.4, -0.2) is 68.2 Å². The van der Waals surface area contributed by atoms with Crippen molar-refractivity contribution in [3.63, 3.8) is 0 Å². The molecule has 1 N–H and O–H groups in total. The van der Waals surface area contributed by atoms with Crippen LogP contribution in [0.5, 0.6) is 17.2 Å². The average molecular weight is 418 g/mol. The first-order chi connectivity index (χ1) is 14.6. The largest absolute Gasteiger partial charge is 0.496 e. The third-order valence-corrected chi connectivity index (χ3v) is 4.98. The van der Waals surface area contributed by atoms with Gasteiger partial charge in [-0.25, -0.2) is 4.99 Å².